The van der Waals surface area contributed by atoms with Crippen molar-refractivity contribution in [3.63, 3.8) is 0 Å². The molecule has 1 aromatic carbocycles. The number of hydrogen-bond acceptors (Lipinski definition) is 4. The van der Waals surface area contributed by atoms with Crippen LogP contribution >= 0.6 is 0 Å². The van der Waals surface area contributed by atoms with E-state index in [1.807, 2.05) is 31.2 Å². The largest absolute Gasteiger partial charge is 0.416 e. The highest BCUT2D eigenvalue weighted by atomic mass is 19.4. The van der Waals surface area contributed by atoms with E-state index in [-0.39, 0.29) is 0 Å². The van der Waals surface area contributed by atoms with Crippen LogP contribution in [0.2, 0.25) is 0 Å². The van der Waals surface area contributed by atoms with Gasteiger partial charge < -0.3 is 5.11 Å². The zero-order valence-electron chi connectivity index (χ0n) is 10.7. The van der Waals surface area contributed by atoms with Gasteiger partial charge in [0.25, 0.3) is 0 Å². The van der Waals surface area contributed by atoms with Crippen molar-refractivity contribution in [3.8, 4) is 0 Å². The summed E-state index contributed by atoms with van der Waals surface area (Å²) in [6, 6.07) is 7.63. The molecule has 0 aliphatic heterocycles. The third kappa shape index (κ3) is 3.77. The van der Waals surface area contributed by atoms with Crippen LogP contribution in [0, 0.1) is 6.92 Å². The SMILES string of the molecule is Cc1ccc(Cc2nnn(CC(O)C(F)(F)F)n2)cc1. The van der Waals surface area contributed by atoms with E-state index in [4.69, 9.17) is 5.11 Å². The predicted molar refractivity (Wildman–Crippen MR) is 63.9 cm³/mol. The smallest absolute Gasteiger partial charge is 0.382 e. The van der Waals surface area contributed by atoms with Crippen molar-refractivity contribution >= 4 is 0 Å². The number of benzene rings is 1. The Morgan fingerprint density at radius 3 is 2.50 bits per heavy atom. The molecule has 2 aromatic rings. The average Bonchev–Trinajstić information content (AvgIpc) is 2.78. The molecular weight excluding hydrogens is 273 g/mol. The molecule has 1 aromatic heterocycles. The van der Waals surface area contributed by atoms with Crippen molar-refractivity contribution < 1.29 is 18.3 Å². The number of hydrogen-bond donors (Lipinski definition) is 1. The molecule has 1 N–H and O–H groups in total. The number of alkyl halides is 3. The van der Waals surface area contributed by atoms with Gasteiger partial charge in [0.05, 0.1) is 6.54 Å². The molecule has 0 saturated heterocycles. The van der Waals surface area contributed by atoms with E-state index >= 15 is 0 Å². The molecule has 0 radical (unpaired) electrons. The fraction of sp³-hybridized carbons (Fsp3) is 0.417. The van der Waals surface area contributed by atoms with Crippen LogP contribution in [0.1, 0.15) is 17.0 Å². The molecule has 5 nitrogen and oxygen atoms in total. The first-order valence-corrected chi connectivity index (χ1v) is 5.91. The van der Waals surface area contributed by atoms with Crippen molar-refractivity contribution in [1.82, 2.24) is 20.2 Å². The van der Waals surface area contributed by atoms with Gasteiger partial charge in [0.15, 0.2) is 11.9 Å². The number of aliphatic hydroxyl groups is 1. The number of nitrogens with zero attached hydrogens (tertiary/aromatic N) is 4. The first-order chi connectivity index (χ1) is 9.34. The van der Waals surface area contributed by atoms with Gasteiger partial charge in [-0.05, 0) is 17.7 Å². The number of halogens is 3. The Morgan fingerprint density at radius 2 is 1.90 bits per heavy atom. The van der Waals surface area contributed by atoms with E-state index < -0.39 is 18.8 Å². The minimum atomic E-state index is -4.69. The van der Waals surface area contributed by atoms with Crippen LogP contribution in [0.15, 0.2) is 24.3 Å². The van der Waals surface area contributed by atoms with Crippen molar-refractivity contribution in [2.24, 2.45) is 0 Å². The zero-order chi connectivity index (χ0) is 14.8. The van der Waals surface area contributed by atoms with E-state index in [9.17, 15) is 13.2 Å². The zero-order valence-corrected chi connectivity index (χ0v) is 10.7. The normalized spacial score (nSPS) is 13.4. The fourth-order valence-electron chi connectivity index (χ4n) is 1.57. The van der Waals surface area contributed by atoms with Gasteiger partial charge in [-0.1, -0.05) is 29.8 Å². The molecule has 1 heterocycles. The quantitative estimate of drug-likeness (QED) is 0.925. The Balaban J connectivity index is 2.00. The molecule has 0 saturated carbocycles. The minimum Gasteiger partial charge on any atom is -0.382 e. The highest BCUT2D eigenvalue weighted by molar-refractivity contribution is 5.23. The van der Waals surface area contributed by atoms with Gasteiger partial charge in [-0.15, -0.1) is 10.2 Å². The lowest BCUT2D eigenvalue weighted by atomic mass is 10.1. The molecule has 108 valence electrons. The maximum atomic E-state index is 12.2. The second kappa shape index (κ2) is 5.58. The molecule has 0 aliphatic rings. The highest BCUT2D eigenvalue weighted by Gasteiger charge is 2.38. The van der Waals surface area contributed by atoms with E-state index in [0.29, 0.717) is 12.2 Å². The van der Waals surface area contributed by atoms with Gasteiger partial charge in [0.2, 0.25) is 0 Å². The second-order valence-electron chi connectivity index (χ2n) is 4.48. The van der Waals surface area contributed by atoms with E-state index in [1.54, 1.807) is 0 Å². The Hall–Kier alpha value is -1.96. The summed E-state index contributed by atoms with van der Waals surface area (Å²) in [4.78, 5) is 0.752. The minimum absolute atomic E-state index is 0.309. The molecule has 8 heteroatoms. The summed E-state index contributed by atoms with van der Waals surface area (Å²) in [5.74, 6) is 0.309. The number of rotatable bonds is 4. The maximum absolute atomic E-state index is 12.2. The Labute approximate surface area is 113 Å². The van der Waals surface area contributed by atoms with Crippen molar-refractivity contribution in [2.75, 3.05) is 0 Å². The van der Waals surface area contributed by atoms with E-state index in [0.717, 1.165) is 15.9 Å². The summed E-state index contributed by atoms with van der Waals surface area (Å²) in [6.07, 6.45) is -6.81. The monoisotopic (exact) mass is 286 g/mol. The molecule has 0 bridgehead atoms. The number of tetrazole rings is 1. The Morgan fingerprint density at radius 1 is 1.25 bits per heavy atom. The predicted octanol–water partition coefficient (Wildman–Crippen LogP) is 1.50. The lowest BCUT2D eigenvalue weighted by molar-refractivity contribution is -0.208. The van der Waals surface area contributed by atoms with Crippen molar-refractivity contribution in [1.29, 1.82) is 0 Å². The van der Waals surface area contributed by atoms with Crippen LogP contribution in [-0.4, -0.2) is 37.6 Å². The van der Waals surface area contributed by atoms with Crippen LogP contribution < -0.4 is 0 Å². The molecule has 0 aliphatic carbocycles. The summed E-state index contributed by atoms with van der Waals surface area (Å²) < 4.78 is 36.6. The summed E-state index contributed by atoms with van der Waals surface area (Å²) in [5, 5.41) is 19.9. The summed E-state index contributed by atoms with van der Waals surface area (Å²) in [7, 11) is 0. The van der Waals surface area contributed by atoms with Gasteiger partial charge in [-0.25, -0.2) is 0 Å². The first kappa shape index (κ1) is 14.4. The van der Waals surface area contributed by atoms with Gasteiger partial charge >= 0.3 is 6.18 Å². The third-order valence-electron chi connectivity index (χ3n) is 2.69. The number of aromatic nitrogens is 4. The van der Waals surface area contributed by atoms with Crippen LogP contribution in [0.5, 0.6) is 0 Å². The number of aryl methyl sites for hydroxylation is 1. The highest BCUT2D eigenvalue weighted by Crippen LogP contribution is 2.20. The lowest BCUT2D eigenvalue weighted by Gasteiger charge is -2.12. The third-order valence-corrected chi connectivity index (χ3v) is 2.69. The van der Waals surface area contributed by atoms with Gasteiger partial charge in [-0.2, -0.15) is 18.0 Å². The molecule has 0 amide bonds. The van der Waals surface area contributed by atoms with Gasteiger partial charge in [-0.3, -0.25) is 0 Å². The topological polar surface area (TPSA) is 63.8 Å². The molecular formula is C12H13F3N4O. The lowest BCUT2D eigenvalue weighted by Crippen LogP contribution is -2.33. The van der Waals surface area contributed by atoms with Crippen molar-refractivity contribution in [2.45, 2.75) is 32.2 Å². The van der Waals surface area contributed by atoms with Crippen molar-refractivity contribution in [3.05, 3.63) is 41.2 Å². The fourth-order valence-corrected chi connectivity index (χ4v) is 1.57. The van der Waals surface area contributed by atoms with Crippen LogP contribution in [0.25, 0.3) is 0 Å². The van der Waals surface area contributed by atoms with E-state index in [2.05, 4.69) is 15.4 Å². The van der Waals surface area contributed by atoms with Gasteiger partial charge in [0, 0.05) is 6.42 Å². The standard InChI is InChI=1S/C12H13F3N4O/c1-8-2-4-9(5-3-8)6-11-16-18-19(17-11)7-10(20)12(13,14)15/h2-5,10,20H,6-7H2,1H3. The molecule has 20 heavy (non-hydrogen) atoms. The summed E-state index contributed by atoms with van der Waals surface area (Å²) in [6.45, 7) is 1.20. The molecule has 2 rings (SSSR count). The maximum Gasteiger partial charge on any atom is 0.416 e. The summed E-state index contributed by atoms with van der Waals surface area (Å²) in [5.41, 5.74) is 2.05. The average molecular weight is 286 g/mol. The Bertz CT molecular complexity index is 565. The second-order valence-corrected chi connectivity index (χ2v) is 4.48. The molecule has 1 unspecified atom stereocenters. The molecule has 0 spiro atoms. The van der Waals surface area contributed by atoms with Crippen LogP contribution in [0.4, 0.5) is 13.2 Å². The first-order valence-electron chi connectivity index (χ1n) is 5.91. The number of aliphatic hydroxyl groups excluding tert-OH is 1. The molecule has 0 fully saturated rings. The van der Waals surface area contributed by atoms with E-state index in [1.165, 1.54) is 0 Å². The summed E-state index contributed by atoms with van der Waals surface area (Å²) >= 11 is 0. The van der Waals surface area contributed by atoms with Crippen LogP contribution in [0.3, 0.4) is 0 Å². The van der Waals surface area contributed by atoms with Crippen LogP contribution in [-0.2, 0) is 13.0 Å². The Kier molecular flexibility index (Phi) is 4.03. The molecule has 1 atom stereocenters. The van der Waals surface area contributed by atoms with Gasteiger partial charge in [0.1, 0.15) is 0 Å².